The van der Waals surface area contributed by atoms with Crippen molar-refractivity contribution in [1.82, 2.24) is 4.57 Å². The van der Waals surface area contributed by atoms with Crippen molar-refractivity contribution in [3.8, 4) is 50.2 Å². The maximum atomic E-state index is 2.38. The highest BCUT2D eigenvalue weighted by molar-refractivity contribution is 6.09. The van der Waals surface area contributed by atoms with Crippen molar-refractivity contribution in [3.63, 3.8) is 0 Å². The normalized spacial score (nSPS) is 11.2. The third-order valence-corrected chi connectivity index (χ3v) is 11.1. The van der Waals surface area contributed by atoms with E-state index in [9.17, 15) is 0 Å². The van der Waals surface area contributed by atoms with Crippen LogP contribution in [0.3, 0.4) is 0 Å². The summed E-state index contributed by atoms with van der Waals surface area (Å²) >= 11 is 0. The number of aromatic nitrogens is 1. The molecule has 0 saturated heterocycles. The first kappa shape index (κ1) is 34.1. The van der Waals surface area contributed by atoms with Gasteiger partial charge in [-0.3, -0.25) is 0 Å². The van der Waals surface area contributed by atoms with Crippen molar-refractivity contribution in [3.05, 3.63) is 230 Å². The Morgan fingerprint density at radius 2 is 0.649 bits per heavy atom. The number of aryl methyl sites for hydroxylation is 1. The maximum Gasteiger partial charge on any atom is 0.0541 e. The van der Waals surface area contributed by atoms with E-state index in [1.807, 2.05) is 0 Å². The number of benzene rings is 9. The zero-order valence-corrected chi connectivity index (χ0v) is 31.8. The largest absolute Gasteiger partial charge is 0.311 e. The molecule has 0 unspecified atom stereocenters. The van der Waals surface area contributed by atoms with Gasteiger partial charge in [-0.15, -0.1) is 0 Å². The minimum absolute atomic E-state index is 1.10. The molecule has 0 aliphatic rings. The highest BCUT2D eigenvalue weighted by atomic mass is 15.1. The Morgan fingerprint density at radius 3 is 1.12 bits per heavy atom. The zero-order valence-electron chi connectivity index (χ0n) is 31.8. The number of nitrogens with zero attached hydrogens (tertiary/aromatic N) is 2. The number of hydrogen-bond donors (Lipinski definition) is 0. The fourth-order valence-corrected chi connectivity index (χ4v) is 8.11. The number of rotatable bonds is 8. The second-order valence-corrected chi connectivity index (χ2v) is 14.7. The lowest BCUT2D eigenvalue weighted by molar-refractivity contribution is 1.18. The fraction of sp³-hybridized carbons (Fsp3) is 0.0182. The number of fused-ring (bicyclic) bond motifs is 3. The first-order valence-corrected chi connectivity index (χ1v) is 19.6. The van der Waals surface area contributed by atoms with Crippen molar-refractivity contribution in [2.45, 2.75) is 6.92 Å². The van der Waals surface area contributed by atoms with E-state index >= 15 is 0 Å². The average molecular weight is 729 g/mol. The van der Waals surface area contributed by atoms with E-state index in [4.69, 9.17) is 0 Å². The third kappa shape index (κ3) is 6.58. The summed E-state index contributed by atoms with van der Waals surface area (Å²) in [7, 11) is 0. The van der Waals surface area contributed by atoms with Gasteiger partial charge in [0.1, 0.15) is 0 Å². The molecule has 9 aromatic carbocycles. The van der Waals surface area contributed by atoms with E-state index in [2.05, 4.69) is 241 Å². The molecule has 270 valence electrons. The standard InChI is InChI=1S/C55H40N2/c1-39-18-20-41(21-19-39)42-22-24-43(25-23-42)45-28-34-49(35-29-45)56(48-32-26-44(27-33-48)40-10-3-2-4-11-40)50-36-30-46(31-37-50)47-12-9-13-51(38-47)57-54-16-7-5-14-52(54)53-15-6-8-17-55(53)57/h2-38H,1H3. The van der Waals surface area contributed by atoms with Gasteiger partial charge < -0.3 is 9.47 Å². The van der Waals surface area contributed by atoms with Crippen molar-refractivity contribution in [2.24, 2.45) is 0 Å². The molecular formula is C55H40N2. The fourth-order valence-electron chi connectivity index (χ4n) is 8.11. The maximum absolute atomic E-state index is 2.38. The molecule has 57 heavy (non-hydrogen) atoms. The summed E-state index contributed by atoms with van der Waals surface area (Å²) in [5.41, 5.74) is 17.8. The molecule has 0 amide bonds. The van der Waals surface area contributed by atoms with Crippen LogP contribution in [0.4, 0.5) is 17.1 Å². The van der Waals surface area contributed by atoms with E-state index in [0.29, 0.717) is 0 Å². The van der Waals surface area contributed by atoms with Crippen LogP contribution in [0.5, 0.6) is 0 Å². The molecule has 1 aromatic heterocycles. The molecule has 1 heterocycles. The average Bonchev–Trinajstić information content (AvgIpc) is 3.62. The zero-order chi connectivity index (χ0) is 38.1. The second kappa shape index (κ2) is 14.7. The molecule has 0 bridgehead atoms. The van der Waals surface area contributed by atoms with Crippen LogP contribution in [0, 0.1) is 6.92 Å². The lowest BCUT2D eigenvalue weighted by Gasteiger charge is -2.26. The number of hydrogen-bond acceptors (Lipinski definition) is 1. The first-order valence-electron chi connectivity index (χ1n) is 19.6. The Morgan fingerprint density at radius 1 is 0.298 bits per heavy atom. The van der Waals surface area contributed by atoms with Crippen molar-refractivity contribution >= 4 is 38.9 Å². The summed E-state index contributed by atoms with van der Waals surface area (Å²) in [4.78, 5) is 2.34. The van der Waals surface area contributed by atoms with Crippen LogP contribution in [0.25, 0.3) is 72.0 Å². The van der Waals surface area contributed by atoms with Gasteiger partial charge in [0.25, 0.3) is 0 Å². The van der Waals surface area contributed by atoms with Crippen molar-refractivity contribution in [1.29, 1.82) is 0 Å². The second-order valence-electron chi connectivity index (χ2n) is 14.7. The van der Waals surface area contributed by atoms with Gasteiger partial charge in [-0.1, -0.05) is 169 Å². The Hall–Kier alpha value is -7.42. The van der Waals surface area contributed by atoms with Crippen LogP contribution in [0.15, 0.2) is 224 Å². The minimum Gasteiger partial charge on any atom is -0.311 e. The molecule has 0 atom stereocenters. The molecule has 2 nitrogen and oxygen atoms in total. The lowest BCUT2D eigenvalue weighted by atomic mass is 9.99. The summed E-state index contributed by atoms with van der Waals surface area (Å²) in [6.45, 7) is 2.13. The smallest absolute Gasteiger partial charge is 0.0541 e. The summed E-state index contributed by atoms with van der Waals surface area (Å²) < 4.78 is 2.38. The molecule has 0 aliphatic heterocycles. The molecule has 0 radical (unpaired) electrons. The highest BCUT2D eigenvalue weighted by Crippen LogP contribution is 2.39. The van der Waals surface area contributed by atoms with Crippen LogP contribution in [-0.2, 0) is 0 Å². The van der Waals surface area contributed by atoms with Gasteiger partial charge in [0, 0.05) is 33.5 Å². The molecule has 10 aromatic rings. The van der Waals surface area contributed by atoms with Crippen molar-refractivity contribution < 1.29 is 0 Å². The number of para-hydroxylation sites is 2. The minimum atomic E-state index is 1.10. The Kier molecular flexibility index (Phi) is 8.78. The van der Waals surface area contributed by atoms with Gasteiger partial charge in [-0.2, -0.15) is 0 Å². The van der Waals surface area contributed by atoms with Gasteiger partial charge in [0.05, 0.1) is 11.0 Å². The predicted octanol–water partition coefficient (Wildman–Crippen LogP) is 15.2. The van der Waals surface area contributed by atoms with E-state index in [-0.39, 0.29) is 0 Å². The van der Waals surface area contributed by atoms with Crippen LogP contribution in [0.1, 0.15) is 5.56 Å². The van der Waals surface area contributed by atoms with Crippen molar-refractivity contribution in [2.75, 3.05) is 4.90 Å². The molecule has 0 saturated carbocycles. The summed E-state index contributed by atoms with van der Waals surface area (Å²) in [5.74, 6) is 0. The van der Waals surface area contributed by atoms with Crippen LogP contribution < -0.4 is 4.90 Å². The molecule has 0 spiro atoms. The van der Waals surface area contributed by atoms with Gasteiger partial charge >= 0.3 is 0 Å². The molecule has 0 N–H and O–H groups in total. The first-order chi connectivity index (χ1) is 28.2. The van der Waals surface area contributed by atoms with Gasteiger partial charge in [-0.25, -0.2) is 0 Å². The van der Waals surface area contributed by atoms with E-state index in [1.54, 1.807) is 0 Å². The summed E-state index contributed by atoms with van der Waals surface area (Å²) in [5, 5.41) is 2.53. The SMILES string of the molecule is Cc1ccc(-c2ccc(-c3ccc(N(c4ccc(-c5ccccc5)cc4)c4ccc(-c5cccc(-n6c7ccccc7c7ccccc76)c5)cc4)cc3)cc2)cc1. The topological polar surface area (TPSA) is 8.17 Å². The number of anilines is 3. The van der Waals surface area contributed by atoms with Crippen LogP contribution in [-0.4, -0.2) is 4.57 Å². The summed E-state index contributed by atoms with van der Waals surface area (Å²) in [6, 6.07) is 81.2. The third-order valence-electron chi connectivity index (χ3n) is 11.1. The van der Waals surface area contributed by atoms with E-state index < -0.39 is 0 Å². The van der Waals surface area contributed by atoms with Crippen LogP contribution in [0.2, 0.25) is 0 Å². The molecule has 0 aliphatic carbocycles. The monoisotopic (exact) mass is 728 g/mol. The lowest BCUT2D eigenvalue weighted by Crippen LogP contribution is -2.09. The van der Waals surface area contributed by atoms with Gasteiger partial charge in [0.2, 0.25) is 0 Å². The molecule has 2 heteroatoms. The molecular weight excluding hydrogens is 689 g/mol. The summed E-state index contributed by atoms with van der Waals surface area (Å²) in [6.07, 6.45) is 0. The Balaban J connectivity index is 0.989. The van der Waals surface area contributed by atoms with Gasteiger partial charge in [0.15, 0.2) is 0 Å². The van der Waals surface area contributed by atoms with Gasteiger partial charge in [-0.05, 0) is 112 Å². The van der Waals surface area contributed by atoms with E-state index in [1.165, 1.54) is 71.9 Å². The Bertz CT molecular complexity index is 2900. The quantitative estimate of drug-likeness (QED) is 0.151. The Labute approximate surface area is 334 Å². The molecule has 10 rings (SSSR count). The predicted molar refractivity (Wildman–Crippen MR) is 242 cm³/mol. The highest BCUT2D eigenvalue weighted by Gasteiger charge is 2.15. The van der Waals surface area contributed by atoms with Crippen LogP contribution >= 0.6 is 0 Å². The molecule has 0 fully saturated rings. The van der Waals surface area contributed by atoms with E-state index in [0.717, 1.165) is 22.7 Å².